The predicted molar refractivity (Wildman–Crippen MR) is 543 cm³/mol. The van der Waals surface area contributed by atoms with E-state index in [1.165, 1.54) is 194 Å². The van der Waals surface area contributed by atoms with Crippen molar-refractivity contribution in [2.24, 2.45) is 0 Å². The molecule has 0 amide bonds. The molecule has 6 heterocycles. The number of nitrogens with zero attached hydrogens (tertiary/aromatic N) is 6. The van der Waals surface area contributed by atoms with Crippen molar-refractivity contribution in [3.8, 4) is 0 Å². The molecule has 13 heteroatoms. The molecule has 6 aliphatic heterocycles. The summed E-state index contributed by atoms with van der Waals surface area (Å²) in [5.41, 5.74) is 42.3. The standard InChI is InChI=1S/C109H105B3N6Si4/c1-70-28-40-78(41-29-70)113-95-59-37-75(65-89(95)110-88-64-74(5)36-58-94(88)117(101-23-19-22-100(113)106(101)110)82-48-52-84(53-49-82)119(7,8)9)109(6,76-38-60-96-90(66-76)111-92-68-86(121(13,14)15)56-62-98(92)116(81-46-34-73(4)35-47-81)104-26-20-24-102(107(104)111)114(96)79-42-30-71(2)31-43-79)77-39-61-97-91(67-77)112-93-69-87(122(16,17)18)57-63-99(93)118(83-50-54-85(55-51-83)120(10,11)12)105-27-21-25-103(108(105)112)115(97)80-44-32-72(3)33-45-80/h19-69H,1-18H3. The Bertz CT molecular complexity index is 6760. The molecule has 0 aromatic heterocycles. The van der Waals surface area contributed by atoms with Crippen molar-refractivity contribution < 1.29 is 0 Å². The van der Waals surface area contributed by atoms with E-state index in [9.17, 15) is 0 Å². The third-order valence-electron chi connectivity index (χ3n) is 27.7. The molecule has 122 heavy (non-hydrogen) atoms. The van der Waals surface area contributed by atoms with E-state index in [1.807, 2.05) is 0 Å². The number of benzene rings is 15. The van der Waals surface area contributed by atoms with Gasteiger partial charge in [0.15, 0.2) is 0 Å². The third-order valence-corrected chi connectivity index (χ3v) is 36.0. The monoisotopic (exact) mass is 1640 g/mol. The van der Waals surface area contributed by atoms with Crippen LogP contribution in [0.15, 0.2) is 309 Å². The molecule has 0 N–H and O–H groups in total. The van der Waals surface area contributed by atoms with Crippen LogP contribution in [0.1, 0.15) is 51.4 Å². The Morgan fingerprint density at radius 2 is 0.393 bits per heavy atom. The summed E-state index contributed by atoms with van der Waals surface area (Å²) >= 11 is 0. The molecule has 0 aliphatic carbocycles. The fourth-order valence-electron chi connectivity index (χ4n) is 21.0. The minimum Gasteiger partial charge on any atom is -0.311 e. The Balaban J connectivity index is 0.863. The third kappa shape index (κ3) is 12.3. The summed E-state index contributed by atoms with van der Waals surface area (Å²) in [4.78, 5) is 15.6. The zero-order valence-electron chi connectivity index (χ0n) is 73.9. The minimum atomic E-state index is -1.93. The van der Waals surface area contributed by atoms with Crippen molar-refractivity contribution >= 4 is 225 Å². The van der Waals surface area contributed by atoms with Gasteiger partial charge in [-0.25, -0.2) is 0 Å². The van der Waals surface area contributed by atoms with Crippen LogP contribution in [0.2, 0.25) is 78.6 Å². The maximum absolute atomic E-state index is 2.71. The molecule has 0 bridgehead atoms. The summed E-state index contributed by atoms with van der Waals surface area (Å²) < 4.78 is 0. The van der Waals surface area contributed by atoms with Gasteiger partial charge in [-0.1, -0.05) is 291 Å². The van der Waals surface area contributed by atoms with E-state index in [-0.39, 0.29) is 20.1 Å². The zero-order chi connectivity index (χ0) is 84.3. The van der Waals surface area contributed by atoms with Gasteiger partial charge in [-0.2, -0.15) is 0 Å². The number of hydrogen-bond donors (Lipinski definition) is 0. The topological polar surface area (TPSA) is 19.4 Å². The molecule has 0 fully saturated rings. The molecular weight excluding hydrogens is 1540 g/mol. The number of aryl methyl sites for hydroxylation is 5. The average molecular weight is 1640 g/mol. The molecule has 15 aromatic carbocycles. The van der Waals surface area contributed by atoms with E-state index < -0.39 is 37.7 Å². The molecule has 1 unspecified atom stereocenters. The Hall–Kier alpha value is -11.8. The first-order valence-corrected chi connectivity index (χ1v) is 58.0. The molecule has 596 valence electrons. The summed E-state index contributed by atoms with van der Waals surface area (Å²) in [6.45, 7) is 43.1. The normalized spacial score (nSPS) is 14.6. The van der Waals surface area contributed by atoms with Crippen molar-refractivity contribution in [2.45, 2.75) is 126 Å². The SMILES string of the molecule is Cc1ccc(N2c3ccc(C(C)(c4ccc5c(c4)B4c6cc([Si](C)(C)C)ccc6N(c6ccc(C)cc6)c6cccc(c64)N5c4ccc(C)cc4)c4ccc5c(c4)B4c6cc([Si](C)(C)C)ccc6N(c6ccc([Si](C)(C)C)cc6)c6cccc(c64)N5c4ccc(C)cc4)cc3B3c4cc(C)ccc4N(c4ccc([Si](C)(C)C)cc4)c4cccc2c43)cc1. The Kier molecular flexibility index (Phi) is 17.9. The second-order valence-corrected chi connectivity index (χ2v) is 60.2. The van der Waals surface area contributed by atoms with Crippen LogP contribution in [0, 0.1) is 34.6 Å². The van der Waals surface area contributed by atoms with Gasteiger partial charge in [0.25, 0.3) is 20.1 Å². The summed E-state index contributed by atoms with van der Waals surface area (Å²) in [5.74, 6) is 0. The smallest absolute Gasteiger partial charge is 0.252 e. The highest BCUT2D eigenvalue weighted by Crippen LogP contribution is 2.52. The molecule has 15 aromatic rings. The lowest BCUT2D eigenvalue weighted by Crippen LogP contribution is -2.62. The molecule has 1 atom stereocenters. The summed E-state index contributed by atoms with van der Waals surface area (Å²) in [6, 6.07) is 123. The van der Waals surface area contributed by atoms with Gasteiger partial charge in [0.1, 0.15) is 0 Å². The quantitative estimate of drug-likeness (QED) is 0.0840. The molecule has 0 saturated carbocycles. The van der Waals surface area contributed by atoms with Crippen molar-refractivity contribution in [1.82, 2.24) is 0 Å². The molecule has 21 rings (SSSR count). The second kappa shape index (κ2) is 28.1. The second-order valence-electron chi connectivity index (χ2n) is 39.9. The maximum Gasteiger partial charge on any atom is 0.252 e. The lowest BCUT2D eigenvalue weighted by Gasteiger charge is -2.46. The van der Waals surface area contributed by atoms with Crippen LogP contribution < -0.4 is 99.3 Å². The molecule has 0 radical (unpaired) electrons. The number of rotatable bonds is 13. The predicted octanol–water partition coefficient (Wildman–Crippen LogP) is 21.0. The van der Waals surface area contributed by atoms with E-state index in [1.54, 1.807) is 0 Å². The van der Waals surface area contributed by atoms with Gasteiger partial charge < -0.3 is 29.4 Å². The van der Waals surface area contributed by atoms with E-state index in [2.05, 4.69) is 459 Å². The largest absolute Gasteiger partial charge is 0.311 e. The number of fused-ring (bicyclic) bond motifs is 12. The van der Waals surface area contributed by atoms with Gasteiger partial charge in [0.05, 0.1) is 32.3 Å². The van der Waals surface area contributed by atoms with Gasteiger partial charge in [-0.15, -0.1) is 0 Å². The molecule has 0 spiro atoms. The fourth-order valence-corrected chi connectivity index (χ4v) is 25.7. The van der Waals surface area contributed by atoms with Gasteiger partial charge in [0, 0.05) is 108 Å². The van der Waals surface area contributed by atoms with Crippen LogP contribution in [0.25, 0.3) is 0 Å². The van der Waals surface area contributed by atoms with Crippen LogP contribution in [0.3, 0.4) is 0 Å². The maximum atomic E-state index is 2.71. The highest BCUT2D eigenvalue weighted by atomic mass is 28.3. The highest BCUT2D eigenvalue weighted by molar-refractivity contribution is 7.03. The minimum absolute atomic E-state index is 0.135. The Morgan fingerprint density at radius 1 is 0.197 bits per heavy atom. The highest BCUT2D eigenvalue weighted by Gasteiger charge is 2.50. The Labute approximate surface area is 728 Å². The summed E-state index contributed by atoms with van der Waals surface area (Å²) in [7, 11) is -7.14. The van der Waals surface area contributed by atoms with E-state index in [0.29, 0.717) is 0 Å². The van der Waals surface area contributed by atoms with Crippen molar-refractivity contribution in [3.05, 3.63) is 354 Å². The molecular formula is C109H105B3N6Si4. The van der Waals surface area contributed by atoms with Crippen LogP contribution in [-0.4, -0.2) is 52.4 Å². The van der Waals surface area contributed by atoms with Crippen molar-refractivity contribution in [1.29, 1.82) is 0 Å². The molecule has 0 saturated heterocycles. The first kappa shape index (κ1) is 77.5. The lowest BCUT2D eigenvalue weighted by molar-refractivity contribution is 0.694. The number of anilines is 18. The van der Waals surface area contributed by atoms with Crippen LogP contribution in [0.4, 0.5) is 102 Å². The van der Waals surface area contributed by atoms with Gasteiger partial charge in [-0.3, -0.25) is 0 Å². The average Bonchev–Trinajstić information content (AvgIpc) is 0.697. The van der Waals surface area contributed by atoms with E-state index >= 15 is 0 Å². The lowest BCUT2D eigenvalue weighted by atomic mass is 9.32. The summed E-state index contributed by atoms with van der Waals surface area (Å²) in [6.07, 6.45) is 0. The van der Waals surface area contributed by atoms with Gasteiger partial charge >= 0.3 is 0 Å². The van der Waals surface area contributed by atoms with Crippen LogP contribution in [-0.2, 0) is 5.41 Å². The van der Waals surface area contributed by atoms with Crippen molar-refractivity contribution in [2.75, 3.05) is 29.4 Å². The first-order chi connectivity index (χ1) is 58.5. The molecule has 6 aliphatic rings. The van der Waals surface area contributed by atoms with Crippen LogP contribution in [0.5, 0.6) is 0 Å². The van der Waals surface area contributed by atoms with Crippen molar-refractivity contribution in [3.63, 3.8) is 0 Å². The van der Waals surface area contributed by atoms with E-state index in [4.69, 9.17) is 0 Å². The first-order valence-electron chi connectivity index (χ1n) is 44.0. The number of hydrogen-bond acceptors (Lipinski definition) is 6. The summed E-state index contributed by atoms with van der Waals surface area (Å²) in [5, 5.41) is 5.82. The zero-order valence-corrected chi connectivity index (χ0v) is 77.9. The molecule has 6 nitrogen and oxygen atoms in total. The Morgan fingerprint density at radius 3 is 0.639 bits per heavy atom. The van der Waals surface area contributed by atoms with Gasteiger partial charge in [-0.05, 0) is 253 Å². The van der Waals surface area contributed by atoms with Gasteiger partial charge in [0.2, 0.25) is 0 Å². The van der Waals surface area contributed by atoms with E-state index in [0.717, 1.165) is 22.7 Å². The van der Waals surface area contributed by atoms with Crippen LogP contribution >= 0.6 is 0 Å². The fraction of sp³-hybridized carbons (Fsp3) is 0.174.